The molecule has 2 aliphatic heterocycles. The molecular formula is C21H23FN4O2. The van der Waals surface area contributed by atoms with E-state index in [1.165, 1.54) is 12.1 Å². The number of carbonyl (C=O) groups is 2. The summed E-state index contributed by atoms with van der Waals surface area (Å²) in [4.78, 5) is 25.9. The maximum absolute atomic E-state index is 13.2. The van der Waals surface area contributed by atoms with Crippen LogP contribution in [-0.2, 0) is 9.59 Å². The molecule has 2 aliphatic rings. The lowest BCUT2D eigenvalue weighted by Crippen LogP contribution is -2.58. The predicted octanol–water partition coefficient (Wildman–Crippen LogP) is 2.22. The van der Waals surface area contributed by atoms with Gasteiger partial charge in [-0.25, -0.2) is 9.82 Å². The lowest BCUT2D eigenvalue weighted by molar-refractivity contribution is -0.136. The number of hydrogen-bond donors (Lipinski definition) is 3. The molecule has 0 radical (unpaired) electrons. The molecule has 4 unspecified atom stereocenters. The van der Waals surface area contributed by atoms with Crippen molar-refractivity contribution in [2.75, 3.05) is 16.9 Å². The van der Waals surface area contributed by atoms with Gasteiger partial charge in [0.25, 0.3) is 0 Å². The molecule has 2 fully saturated rings. The summed E-state index contributed by atoms with van der Waals surface area (Å²) in [7, 11) is 0. The maximum atomic E-state index is 13.2. The predicted molar refractivity (Wildman–Crippen MR) is 105 cm³/mol. The van der Waals surface area contributed by atoms with Crippen LogP contribution in [0.25, 0.3) is 0 Å². The molecular weight excluding hydrogens is 359 g/mol. The highest BCUT2D eigenvalue weighted by Crippen LogP contribution is 2.32. The third kappa shape index (κ3) is 3.27. The fourth-order valence-corrected chi connectivity index (χ4v) is 4.00. The van der Waals surface area contributed by atoms with Gasteiger partial charge >= 0.3 is 0 Å². The van der Waals surface area contributed by atoms with E-state index in [9.17, 15) is 14.0 Å². The van der Waals surface area contributed by atoms with Crippen molar-refractivity contribution in [2.45, 2.75) is 26.1 Å². The fourth-order valence-electron chi connectivity index (χ4n) is 4.00. The molecule has 4 atom stereocenters. The summed E-state index contributed by atoms with van der Waals surface area (Å²) < 4.78 is 13.2. The van der Waals surface area contributed by atoms with Crippen LogP contribution in [0.15, 0.2) is 48.5 Å². The number of carbonyl (C=O) groups excluding carboxylic acids is 2. The highest BCUT2D eigenvalue weighted by molar-refractivity contribution is 6.09. The molecule has 7 heteroatoms. The van der Waals surface area contributed by atoms with Crippen LogP contribution in [0.2, 0.25) is 0 Å². The molecule has 2 heterocycles. The van der Waals surface area contributed by atoms with Crippen LogP contribution in [0.5, 0.6) is 0 Å². The average Bonchev–Trinajstić information content (AvgIpc) is 3.02. The van der Waals surface area contributed by atoms with E-state index in [1.54, 1.807) is 12.1 Å². The van der Waals surface area contributed by atoms with E-state index >= 15 is 0 Å². The number of anilines is 2. The van der Waals surface area contributed by atoms with Crippen LogP contribution < -0.4 is 21.1 Å². The minimum atomic E-state index is -0.752. The number of rotatable bonds is 3. The quantitative estimate of drug-likeness (QED) is 0.710. The number of nitrogens with one attached hydrogen (secondary N) is 3. The van der Waals surface area contributed by atoms with Crippen molar-refractivity contribution >= 4 is 23.1 Å². The first kappa shape index (κ1) is 18.6. The first-order chi connectivity index (χ1) is 13.5. The smallest absolute Gasteiger partial charge is 0.236 e. The molecule has 0 aromatic heterocycles. The van der Waals surface area contributed by atoms with Gasteiger partial charge in [0.1, 0.15) is 17.9 Å². The maximum Gasteiger partial charge on any atom is 0.236 e. The molecule has 4 rings (SSSR count). The molecule has 0 saturated carbocycles. The van der Waals surface area contributed by atoms with E-state index in [0.29, 0.717) is 5.69 Å². The van der Waals surface area contributed by atoms with Gasteiger partial charge in [-0.15, -0.1) is 0 Å². The topological polar surface area (TPSA) is 73.5 Å². The Morgan fingerprint density at radius 3 is 2.61 bits per heavy atom. The summed E-state index contributed by atoms with van der Waals surface area (Å²) >= 11 is 0. The summed E-state index contributed by atoms with van der Waals surface area (Å²) in [5.41, 5.74) is 5.71. The van der Waals surface area contributed by atoms with Crippen molar-refractivity contribution in [1.82, 2.24) is 10.7 Å². The van der Waals surface area contributed by atoms with Crippen molar-refractivity contribution in [3.05, 3.63) is 59.9 Å². The summed E-state index contributed by atoms with van der Waals surface area (Å²) in [6, 6.07) is 13.5. The van der Waals surface area contributed by atoms with E-state index in [0.717, 1.165) is 11.3 Å². The van der Waals surface area contributed by atoms with Gasteiger partial charge in [0.2, 0.25) is 5.91 Å². The fraction of sp³-hybridized carbons (Fsp3) is 0.333. The van der Waals surface area contributed by atoms with Gasteiger partial charge in [0.15, 0.2) is 5.78 Å². The number of para-hydroxylation sites is 1. The number of nitrogens with zero attached hydrogens (tertiary/aromatic N) is 1. The second-order valence-electron chi connectivity index (χ2n) is 7.40. The second-order valence-corrected chi connectivity index (χ2v) is 7.40. The number of aryl methyl sites for hydroxylation is 1. The van der Waals surface area contributed by atoms with Gasteiger partial charge < -0.3 is 5.32 Å². The second kappa shape index (κ2) is 7.33. The van der Waals surface area contributed by atoms with E-state index in [1.807, 2.05) is 43.1 Å². The highest BCUT2D eigenvalue weighted by atomic mass is 19.1. The standard InChI is InChI=1S/C21H23FN4O2/c1-12-5-3-4-6-17(12)24-21(28)16-11-23-20-18(19(16)27)13(2)25-26(20)15-9-7-14(22)8-10-15/h3-10,13,16,18,20,23,25H,11H2,1-2H3,(H,24,28). The number of Topliss-reactive ketones (excluding diaryl/α,β-unsaturated/α-hetero) is 1. The molecule has 2 saturated heterocycles. The Bertz CT molecular complexity index is 902. The Balaban J connectivity index is 1.51. The number of ketones is 1. The molecule has 6 nitrogen and oxygen atoms in total. The molecule has 1 amide bonds. The van der Waals surface area contributed by atoms with E-state index in [-0.39, 0.29) is 42.2 Å². The van der Waals surface area contributed by atoms with Crippen molar-refractivity contribution in [1.29, 1.82) is 0 Å². The molecule has 28 heavy (non-hydrogen) atoms. The number of halogens is 1. The van der Waals surface area contributed by atoms with Gasteiger partial charge in [0.05, 0.1) is 11.6 Å². The number of hydrazine groups is 1. The summed E-state index contributed by atoms with van der Waals surface area (Å²) in [6.07, 6.45) is -0.282. The van der Waals surface area contributed by atoms with Gasteiger partial charge in [-0.1, -0.05) is 18.2 Å². The zero-order chi connectivity index (χ0) is 19.8. The Hall–Kier alpha value is -2.77. The monoisotopic (exact) mass is 382 g/mol. The van der Waals surface area contributed by atoms with Crippen molar-refractivity contribution in [3.63, 3.8) is 0 Å². The Morgan fingerprint density at radius 2 is 1.89 bits per heavy atom. The zero-order valence-electron chi connectivity index (χ0n) is 15.8. The van der Waals surface area contributed by atoms with E-state index < -0.39 is 5.92 Å². The highest BCUT2D eigenvalue weighted by Gasteiger charge is 2.50. The molecule has 0 aliphatic carbocycles. The molecule has 2 aromatic carbocycles. The largest absolute Gasteiger partial charge is 0.325 e. The third-order valence-electron chi connectivity index (χ3n) is 5.53. The molecule has 3 N–H and O–H groups in total. The van der Waals surface area contributed by atoms with Crippen molar-refractivity contribution in [2.24, 2.45) is 11.8 Å². The third-order valence-corrected chi connectivity index (χ3v) is 5.53. The molecule has 146 valence electrons. The number of amides is 1. The van der Waals surface area contributed by atoms with Crippen LogP contribution in [-0.4, -0.2) is 30.4 Å². The SMILES string of the molecule is Cc1ccccc1NC(=O)C1CNC2C(C1=O)C(C)NN2c1ccc(F)cc1. The Kier molecular flexibility index (Phi) is 4.87. The number of benzene rings is 2. The van der Waals surface area contributed by atoms with Crippen molar-refractivity contribution < 1.29 is 14.0 Å². The summed E-state index contributed by atoms with van der Waals surface area (Å²) in [5, 5.41) is 8.05. The van der Waals surface area contributed by atoms with Gasteiger partial charge in [0, 0.05) is 18.3 Å². The summed E-state index contributed by atoms with van der Waals surface area (Å²) in [5.74, 6) is -1.82. The number of piperidine rings is 1. The van der Waals surface area contributed by atoms with Gasteiger partial charge in [-0.2, -0.15) is 0 Å². The lowest BCUT2D eigenvalue weighted by atomic mass is 9.83. The number of fused-ring (bicyclic) bond motifs is 1. The van der Waals surface area contributed by atoms with Crippen LogP contribution >= 0.6 is 0 Å². The van der Waals surface area contributed by atoms with Crippen LogP contribution in [0.4, 0.5) is 15.8 Å². The van der Waals surface area contributed by atoms with Crippen molar-refractivity contribution in [3.8, 4) is 0 Å². The Labute approximate surface area is 163 Å². The number of hydrogen-bond acceptors (Lipinski definition) is 5. The summed E-state index contributed by atoms with van der Waals surface area (Å²) in [6.45, 7) is 4.09. The van der Waals surface area contributed by atoms with Gasteiger partial charge in [-0.05, 0) is 49.7 Å². The normalized spacial score (nSPS) is 26.8. The van der Waals surface area contributed by atoms with Gasteiger partial charge in [-0.3, -0.25) is 19.9 Å². The minimum absolute atomic E-state index is 0.0838. The zero-order valence-corrected chi connectivity index (χ0v) is 15.8. The van der Waals surface area contributed by atoms with Crippen LogP contribution in [0.3, 0.4) is 0 Å². The van der Waals surface area contributed by atoms with Crippen LogP contribution in [0.1, 0.15) is 12.5 Å². The molecule has 0 spiro atoms. The molecule has 2 aromatic rings. The lowest BCUT2D eigenvalue weighted by Gasteiger charge is -2.35. The van der Waals surface area contributed by atoms with E-state index in [4.69, 9.17) is 0 Å². The average molecular weight is 382 g/mol. The first-order valence-corrected chi connectivity index (χ1v) is 9.40. The molecule has 0 bridgehead atoms. The minimum Gasteiger partial charge on any atom is -0.325 e. The van der Waals surface area contributed by atoms with Crippen LogP contribution in [0, 0.1) is 24.6 Å². The van der Waals surface area contributed by atoms with E-state index in [2.05, 4.69) is 16.1 Å². The first-order valence-electron chi connectivity index (χ1n) is 9.40. The Morgan fingerprint density at radius 1 is 1.18 bits per heavy atom.